The Hall–Kier alpha value is -2.09. The van der Waals surface area contributed by atoms with Crippen molar-refractivity contribution in [3.63, 3.8) is 0 Å². The molecule has 0 aromatic carbocycles. The third kappa shape index (κ3) is 4.19. The van der Waals surface area contributed by atoms with Crippen molar-refractivity contribution in [2.24, 2.45) is 0 Å². The molecular weight excluding hydrogens is 276 g/mol. The van der Waals surface area contributed by atoms with Gasteiger partial charge in [-0.3, -0.25) is 0 Å². The van der Waals surface area contributed by atoms with E-state index in [-0.39, 0.29) is 18.7 Å². The summed E-state index contributed by atoms with van der Waals surface area (Å²) in [5, 5.41) is 11.5. The fraction of sp³-hybridized carbons (Fsp3) is 0.615. The summed E-state index contributed by atoms with van der Waals surface area (Å²) in [5.41, 5.74) is -0.566. The Bertz CT molecular complexity index is 496. The third-order valence-electron chi connectivity index (χ3n) is 3.30. The van der Waals surface area contributed by atoms with E-state index < -0.39 is 11.6 Å². The molecule has 1 aromatic rings. The van der Waals surface area contributed by atoms with Crippen LogP contribution in [0.3, 0.4) is 0 Å². The van der Waals surface area contributed by atoms with Crippen molar-refractivity contribution < 1.29 is 19.4 Å². The number of carboxylic acid groups (broad SMARTS) is 1. The number of carbonyl (C=O) groups is 2. The summed E-state index contributed by atoms with van der Waals surface area (Å²) in [5.74, 6) is -1.01. The maximum atomic E-state index is 12.0. The minimum atomic E-state index is -1.01. The van der Waals surface area contributed by atoms with Crippen molar-refractivity contribution in [2.45, 2.75) is 32.0 Å². The maximum Gasteiger partial charge on any atom is 0.329 e. The maximum absolute atomic E-state index is 12.0. The molecule has 0 saturated carbocycles. The normalized spacial score (nSPS) is 17.9. The van der Waals surface area contributed by atoms with E-state index in [9.17, 15) is 9.59 Å². The van der Waals surface area contributed by atoms with E-state index in [1.807, 2.05) is 17.7 Å². The first-order chi connectivity index (χ1) is 9.88. The number of nitrogens with zero attached hydrogens (tertiary/aromatic N) is 3. The lowest BCUT2D eigenvalue weighted by Crippen LogP contribution is -2.65. The van der Waals surface area contributed by atoms with Gasteiger partial charge in [-0.05, 0) is 13.8 Å². The fourth-order valence-electron chi connectivity index (χ4n) is 2.29. The highest BCUT2D eigenvalue weighted by molar-refractivity contribution is 5.75. The van der Waals surface area contributed by atoms with Gasteiger partial charge >= 0.3 is 12.0 Å². The molecule has 21 heavy (non-hydrogen) atoms. The van der Waals surface area contributed by atoms with E-state index in [2.05, 4.69) is 10.3 Å². The first-order valence-electron chi connectivity index (χ1n) is 6.75. The van der Waals surface area contributed by atoms with Gasteiger partial charge in [0.2, 0.25) is 0 Å². The summed E-state index contributed by atoms with van der Waals surface area (Å²) >= 11 is 0. The summed E-state index contributed by atoms with van der Waals surface area (Å²) < 4.78 is 7.15. The molecule has 0 radical (unpaired) electrons. The predicted molar refractivity (Wildman–Crippen MR) is 73.8 cm³/mol. The van der Waals surface area contributed by atoms with Gasteiger partial charge in [0.1, 0.15) is 12.2 Å². The topological polar surface area (TPSA) is 96.7 Å². The number of hydrogen-bond acceptors (Lipinski definition) is 4. The van der Waals surface area contributed by atoms with Crippen LogP contribution < -0.4 is 5.32 Å². The van der Waals surface area contributed by atoms with Crippen LogP contribution in [-0.2, 0) is 16.1 Å². The molecule has 2 rings (SSSR count). The Morgan fingerprint density at radius 3 is 2.81 bits per heavy atom. The molecule has 0 bridgehead atoms. The molecule has 1 aliphatic heterocycles. The van der Waals surface area contributed by atoms with E-state index in [1.54, 1.807) is 24.3 Å². The van der Waals surface area contributed by atoms with Gasteiger partial charge in [-0.2, -0.15) is 0 Å². The van der Waals surface area contributed by atoms with Gasteiger partial charge in [-0.1, -0.05) is 0 Å². The SMILES string of the molecule is CC(Cn1ccnc1)NC(=O)N1CC(C)(OCC(=O)O)C1. The molecule has 2 N–H and O–H groups in total. The molecule has 1 fully saturated rings. The average molecular weight is 296 g/mol. The predicted octanol–water partition coefficient (Wildman–Crippen LogP) is 0.157. The Morgan fingerprint density at radius 1 is 1.52 bits per heavy atom. The molecule has 0 aliphatic carbocycles. The lowest BCUT2D eigenvalue weighted by Gasteiger charge is -2.47. The molecule has 2 amide bonds. The van der Waals surface area contributed by atoms with Gasteiger partial charge in [-0.15, -0.1) is 0 Å². The second kappa shape index (κ2) is 6.13. The molecule has 1 aromatic heterocycles. The number of aromatic nitrogens is 2. The highest BCUT2D eigenvalue weighted by Crippen LogP contribution is 2.24. The number of likely N-dealkylation sites (tertiary alicyclic amines) is 1. The molecule has 1 atom stereocenters. The van der Waals surface area contributed by atoms with Crippen LogP contribution in [0, 0.1) is 0 Å². The number of urea groups is 1. The van der Waals surface area contributed by atoms with E-state index >= 15 is 0 Å². The summed E-state index contributed by atoms with van der Waals surface area (Å²) in [7, 11) is 0. The first kappa shape index (κ1) is 15.3. The zero-order valence-electron chi connectivity index (χ0n) is 12.2. The Morgan fingerprint density at radius 2 is 2.24 bits per heavy atom. The second-order valence-corrected chi connectivity index (χ2v) is 5.60. The second-order valence-electron chi connectivity index (χ2n) is 5.60. The molecule has 0 spiro atoms. The van der Waals surface area contributed by atoms with E-state index in [4.69, 9.17) is 9.84 Å². The van der Waals surface area contributed by atoms with Gasteiger partial charge in [0.15, 0.2) is 0 Å². The Balaban J connectivity index is 1.72. The van der Waals surface area contributed by atoms with E-state index in [0.717, 1.165) is 0 Å². The molecule has 1 aliphatic rings. The minimum absolute atomic E-state index is 0.0292. The Labute approximate surface area is 122 Å². The van der Waals surface area contributed by atoms with Gasteiger partial charge in [-0.25, -0.2) is 14.6 Å². The summed E-state index contributed by atoms with van der Waals surface area (Å²) in [6.45, 7) is 4.80. The largest absolute Gasteiger partial charge is 0.480 e. The van der Waals surface area contributed by atoms with Crippen LogP contribution in [0.4, 0.5) is 4.79 Å². The molecule has 1 unspecified atom stereocenters. The van der Waals surface area contributed by atoms with Crippen LogP contribution >= 0.6 is 0 Å². The molecule has 8 heteroatoms. The van der Waals surface area contributed by atoms with Gasteiger partial charge in [0.25, 0.3) is 0 Å². The van der Waals surface area contributed by atoms with Gasteiger partial charge in [0.05, 0.1) is 19.4 Å². The van der Waals surface area contributed by atoms with Crippen LogP contribution in [0.5, 0.6) is 0 Å². The van der Waals surface area contributed by atoms with Crippen LogP contribution in [-0.4, -0.2) is 62.9 Å². The lowest BCUT2D eigenvalue weighted by molar-refractivity contribution is -0.159. The minimum Gasteiger partial charge on any atom is -0.480 e. The van der Waals surface area contributed by atoms with Crippen LogP contribution in [0.25, 0.3) is 0 Å². The van der Waals surface area contributed by atoms with Crippen LogP contribution in [0.2, 0.25) is 0 Å². The number of carboxylic acids is 1. The molecule has 116 valence electrons. The molecular formula is C13H20N4O4. The number of amides is 2. The van der Waals surface area contributed by atoms with Crippen molar-refractivity contribution in [3.8, 4) is 0 Å². The van der Waals surface area contributed by atoms with Crippen molar-refractivity contribution in [2.75, 3.05) is 19.7 Å². The van der Waals surface area contributed by atoms with E-state index in [0.29, 0.717) is 19.6 Å². The molecule has 1 saturated heterocycles. The molecule has 8 nitrogen and oxygen atoms in total. The summed E-state index contributed by atoms with van der Waals surface area (Å²) in [4.78, 5) is 28.0. The quantitative estimate of drug-likeness (QED) is 0.779. The standard InChI is InChI=1S/C13H20N4O4/c1-10(5-16-4-3-14-9-16)15-12(20)17-7-13(2,8-17)21-6-11(18)19/h3-4,9-10H,5-8H2,1-2H3,(H,15,20)(H,18,19). The van der Waals surface area contributed by atoms with Crippen molar-refractivity contribution in [1.82, 2.24) is 19.8 Å². The number of aliphatic carboxylic acids is 1. The van der Waals surface area contributed by atoms with Crippen LogP contribution in [0.15, 0.2) is 18.7 Å². The van der Waals surface area contributed by atoms with Crippen molar-refractivity contribution >= 4 is 12.0 Å². The first-order valence-corrected chi connectivity index (χ1v) is 6.75. The highest BCUT2D eigenvalue weighted by Gasteiger charge is 2.42. The van der Waals surface area contributed by atoms with Gasteiger partial charge < -0.3 is 24.6 Å². The number of imidazole rings is 1. The smallest absolute Gasteiger partial charge is 0.329 e. The number of ether oxygens (including phenoxy) is 1. The monoisotopic (exact) mass is 296 g/mol. The number of carbonyl (C=O) groups excluding carboxylic acids is 1. The molecule has 2 heterocycles. The highest BCUT2D eigenvalue weighted by atomic mass is 16.5. The summed E-state index contributed by atoms with van der Waals surface area (Å²) in [6, 6.07) is -0.197. The third-order valence-corrected chi connectivity index (χ3v) is 3.30. The van der Waals surface area contributed by atoms with Crippen molar-refractivity contribution in [3.05, 3.63) is 18.7 Å². The zero-order chi connectivity index (χ0) is 15.5. The number of nitrogens with one attached hydrogen (secondary N) is 1. The van der Waals surface area contributed by atoms with Crippen molar-refractivity contribution in [1.29, 1.82) is 0 Å². The van der Waals surface area contributed by atoms with E-state index in [1.165, 1.54) is 0 Å². The Kier molecular flexibility index (Phi) is 4.46. The van der Waals surface area contributed by atoms with Crippen LogP contribution in [0.1, 0.15) is 13.8 Å². The summed E-state index contributed by atoms with van der Waals surface area (Å²) in [6.07, 6.45) is 5.22. The van der Waals surface area contributed by atoms with Gasteiger partial charge in [0, 0.05) is 25.0 Å². The zero-order valence-corrected chi connectivity index (χ0v) is 12.2. The lowest BCUT2D eigenvalue weighted by atomic mass is 9.97. The average Bonchev–Trinajstić information content (AvgIpc) is 2.85. The fourth-order valence-corrected chi connectivity index (χ4v) is 2.29. The number of rotatable bonds is 6. The number of hydrogen-bond donors (Lipinski definition) is 2.